The molecule has 1 saturated heterocycles. The maximum absolute atomic E-state index is 13.3. The van der Waals surface area contributed by atoms with Gasteiger partial charge in [-0.1, -0.05) is 13.0 Å². The van der Waals surface area contributed by atoms with Gasteiger partial charge in [-0.2, -0.15) is 5.26 Å². The van der Waals surface area contributed by atoms with E-state index in [4.69, 9.17) is 14.7 Å². The Bertz CT molecular complexity index is 420. The summed E-state index contributed by atoms with van der Waals surface area (Å²) in [6.07, 6.45) is -0.515. The van der Waals surface area contributed by atoms with Crippen LogP contribution in [0.5, 0.6) is 0 Å². The molecule has 3 nitrogen and oxygen atoms in total. The monoisotopic (exact) mass is 221 g/mol. The highest BCUT2D eigenvalue weighted by Crippen LogP contribution is 2.25. The summed E-state index contributed by atoms with van der Waals surface area (Å²) in [5.74, 6) is -0.176. The summed E-state index contributed by atoms with van der Waals surface area (Å²) in [5.41, 5.74) is 0.649. The molecule has 0 aromatic heterocycles. The molecule has 16 heavy (non-hydrogen) atoms. The van der Waals surface area contributed by atoms with Crippen LogP contribution in [-0.2, 0) is 9.47 Å². The van der Waals surface area contributed by atoms with Crippen LogP contribution in [-0.4, -0.2) is 13.2 Å². The maximum Gasteiger partial charge on any atom is 0.183 e. The van der Waals surface area contributed by atoms with Crippen LogP contribution in [0, 0.1) is 23.1 Å². The van der Waals surface area contributed by atoms with Gasteiger partial charge >= 0.3 is 0 Å². The van der Waals surface area contributed by atoms with E-state index < -0.39 is 12.1 Å². The topological polar surface area (TPSA) is 42.2 Å². The summed E-state index contributed by atoms with van der Waals surface area (Å²) in [4.78, 5) is 0. The second-order valence-corrected chi connectivity index (χ2v) is 3.95. The van der Waals surface area contributed by atoms with Crippen LogP contribution < -0.4 is 0 Å². The van der Waals surface area contributed by atoms with E-state index in [-0.39, 0.29) is 5.56 Å². The molecule has 1 aliphatic rings. The van der Waals surface area contributed by atoms with E-state index >= 15 is 0 Å². The molecule has 0 unspecified atom stereocenters. The predicted octanol–water partition coefficient (Wildman–Crippen LogP) is 2.38. The zero-order chi connectivity index (χ0) is 11.5. The van der Waals surface area contributed by atoms with Crippen LogP contribution >= 0.6 is 0 Å². The van der Waals surface area contributed by atoms with Gasteiger partial charge in [0.25, 0.3) is 0 Å². The molecular weight excluding hydrogens is 209 g/mol. The SMILES string of the molecule is CC1COC(c2ccc(C#N)c(F)c2)OC1. The van der Waals surface area contributed by atoms with Gasteiger partial charge in [0.05, 0.1) is 18.8 Å². The minimum absolute atomic E-state index is 0.0351. The van der Waals surface area contributed by atoms with E-state index in [2.05, 4.69) is 0 Å². The van der Waals surface area contributed by atoms with Crippen LogP contribution in [0.1, 0.15) is 24.3 Å². The molecule has 0 aliphatic carbocycles. The molecule has 0 amide bonds. The molecule has 0 bridgehead atoms. The van der Waals surface area contributed by atoms with Crippen molar-refractivity contribution in [3.63, 3.8) is 0 Å². The Morgan fingerprint density at radius 2 is 2.06 bits per heavy atom. The van der Waals surface area contributed by atoms with Gasteiger partial charge in [0.15, 0.2) is 6.29 Å². The van der Waals surface area contributed by atoms with Crippen molar-refractivity contribution in [2.75, 3.05) is 13.2 Å². The summed E-state index contributed by atoms with van der Waals surface area (Å²) < 4.78 is 24.2. The number of nitrogens with zero attached hydrogens (tertiary/aromatic N) is 1. The summed E-state index contributed by atoms with van der Waals surface area (Å²) in [5, 5.41) is 8.60. The second kappa shape index (κ2) is 4.60. The first-order chi connectivity index (χ1) is 7.70. The van der Waals surface area contributed by atoms with Gasteiger partial charge in [0, 0.05) is 11.5 Å². The highest BCUT2D eigenvalue weighted by atomic mass is 19.1. The van der Waals surface area contributed by atoms with Gasteiger partial charge < -0.3 is 9.47 Å². The van der Waals surface area contributed by atoms with Crippen molar-refractivity contribution in [3.8, 4) is 6.07 Å². The third-order valence-electron chi connectivity index (χ3n) is 2.45. The molecule has 0 radical (unpaired) electrons. The van der Waals surface area contributed by atoms with E-state index in [0.29, 0.717) is 24.7 Å². The Morgan fingerprint density at radius 3 is 2.62 bits per heavy atom. The average Bonchev–Trinajstić information content (AvgIpc) is 2.30. The molecule has 1 aliphatic heterocycles. The number of nitriles is 1. The zero-order valence-corrected chi connectivity index (χ0v) is 8.94. The second-order valence-electron chi connectivity index (χ2n) is 3.95. The standard InChI is InChI=1S/C12H12FNO2/c1-8-6-15-12(16-7-8)9-2-3-10(5-14)11(13)4-9/h2-4,8,12H,6-7H2,1H3. The van der Waals surface area contributed by atoms with Crippen molar-refractivity contribution < 1.29 is 13.9 Å². The average molecular weight is 221 g/mol. The fourth-order valence-corrected chi connectivity index (χ4v) is 1.56. The minimum atomic E-state index is -0.536. The number of ether oxygens (including phenoxy) is 2. The lowest BCUT2D eigenvalue weighted by molar-refractivity contribution is -0.202. The Hall–Kier alpha value is -1.44. The molecule has 1 heterocycles. The maximum atomic E-state index is 13.3. The molecule has 0 N–H and O–H groups in total. The Kier molecular flexibility index (Phi) is 3.18. The number of hydrogen-bond donors (Lipinski definition) is 0. The first-order valence-electron chi connectivity index (χ1n) is 5.13. The van der Waals surface area contributed by atoms with Crippen molar-refractivity contribution in [2.24, 2.45) is 5.92 Å². The zero-order valence-electron chi connectivity index (χ0n) is 8.94. The summed E-state index contributed by atoms with van der Waals surface area (Å²) in [7, 11) is 0. The predicted molar refractivity (Wildman–Crippen MR) is 54.9 cm³/mol. The van der Waals surface area contributed by atoms with Crippen LogP contribution in [0.3, 0.4) is 0 Å². The van der Waals surface area contributed by atoms with Crippen LogP contribution in [0.4, 0.5) is 4.39 Å². The van der Waals surface area contributed by atoms with E-state index in [1.165, 1.54) is 12.1 Å². The smallest absolute Gasteiger partial charge is 0.183 e. The fourth-order valence-electron chi connectivity index (χ4n) is 1.56. The lowest BCUT2D eigenvalue weighted by Gasteiger charge is -2.27. The molecule has 1 fully saturated rings. The number of halogens is 1. The first kappa shape index (κ1) is 11.1. The Morgan fingerprint density at radius 1 is 1.38 bits per heavy atom. The molecule has 1 aromatic rings. The molecule has 1 aromatic carbocycles. The van der Waals surface area contributed by atoms with Gasteiger partial charge in [0.2, 0.25) is 0 Å². The molecule has 0 spiro atoms. The molecule has 0 saturated carbocycles. The van der Waals surface area contributed by atoms with Crippen molar-refractivity contribution in [1.29, 1.82) is 5.26 Å². The van der Waals surface area contributed by atoms with Crippen LogP contribution in [0.2, 0.25) is 0 Å². The lowest BCUT2D eigenvalue weighted by atomic mass is 10.1. The number of benzene rings is 1. The summed E-state index contributed by atoms with van der Waals surface area (Å²) >= 11 is 0. The molecular formula is C12H12FNO2. The van der Waals surface area contributed by atoms with Crippen molar-refractivity contribution in [1.82, 2.24) is 0 Å². The summed E-state index contributed by atoms with van der Waals surface area (Å²) in [6.45, 7) is 3.23. The minimum Gasteiger partial charge on any atom is -0.348 e. The molecule has 84 valence electrons. The number of rotatable bonds is 1. The molecule has 4 heteroatoms. The highest BCUT2D eigenvalue weighted by molar-refractivity contribution is 5.33. The van der Waals surface area contributed by atoms with Gasteiger partial charge in [-0.3, -0.25) is 0 Å². The lowest BCUT2D eigenvalue weighted by Crippen LogP contribution is -2.25. The Balaban J connectivity index is 2.16. The van der Waals surface area contributed by atoms with Gasteiger partial charge in [0.1, 0.15) is 11.9 Å². The van der Waals surface area contributed by atoms with Crippen molar-refractivity contribution in [3.05, 3.63) is 35.1 Å². The quantitative estimate of drug-likeness (QED) is 0.731. The molecule has 2 rings (SSSR count). The van der Waals surface area contributed by atoms with Crippen LogP contribution in [0.15, 0.2) is 18.2 Å². The van der Waals surface area contributed by atoms with E-state index in [1.54, 1.807) is 12.1 Å². The van der Waals surface area contributed by atoms with E-state index in [9.17, 15) is 4.39 Å². The number of hydrogen-bond acceptors (Lipinski definition) is 3. The third-order valence-corrected chi connectivity index (χ3v) is 2.45. The van der Waals surface area contributed by atoms with Crippen molar-refractivity contribution >= 4 is 0 Å². The normalized spacial score (nSPS) is 25.1. The van der Waals surface area contributed by atoms with Gasteiger partial charge in [-0.05, 0) is 12.1 Å². The third kappa shape index (κ3) is 2.21. The Labute approximate surface area is 93.4 Å². The largest absolute Gasteiger partial charge is 0.348 e. The first-order valence-corrected chi connectivity index (χ1v) is 5.13. The highest BCUT2D eigenvalue weighted by Gasteiger charge is 2.21. The van der Waals surface area contributed by atoms with E-state index in [0.717, 1.165) is 0 Å². The summed E-state index contributed by atoms with van der Waals surface area (Å²) in [6, 6.07) is 6.16. The van der Waals surface area contributed by atoms with Crippen molar-refractivity contribution in [2.45, 2.75) is 13.2 Å². The van der Waals surface area contributed by atoms with Gasteiger partial charge in [-0.15, -0.1) is 0 Å². The fraction of sp³-hybridized carbons (Fsp3) is 0.417. The van der Waals surface area contributed by atoms with Crippen LogP contribution in [0.25, 0.3) is 0 Å². The van der Waals surface area contributed by atoms with E-state index in [1.807, 2.05) is 6.92 Å². The molecule has 0 atom stereocenters. The van der Waals surface area contributed by atoms with Gasteiger partial charge in [-0.25, -0.2) is 4.39 Å².